The van der Waals surface area contributed by atoms with E-state index in [0.717, 1.165) is 16.3 Å². The van der Waals surface area contributed by atoms with Crippen LogP contribution >= 0.6 is 11.3 Å². The second kappa shape index (κ2) is 4.76. The summed E-state index contributed by atoms with van der Waals surface area (Å²) in [5, 5.41) is 14.2. The first-order chi connectivity index (χ1) is 7.79. The third-order valence-corrected chi connectivity index (χ3v) is 2.93. The highest BCUT2D eigenvalue weighted by Crippen LogP contribution is 2.21. The number of amidine groups is 1. The van der Waals surface area contributed by atoms with Crippen molar-refractivity contribution < 1.29 is 5.21 Å². The molecule has 0 radical (unpaired) electrons. The summed E-state index contributed by atoms with van der Waals surface area (Å²) in [5.74, 6) is 0.175. The number of nitrogens with zero attached hydrogens (tertiary/aromatic N) is 2. The van der Waals surface area contributed by atoms with Crippen LogP contribution in [0.15, 0.2) is 40.9 Å². The van der Waals surface area contributed by atoms with Crippen LogP contribution in [-0.2, 0) is 6.42 Å². The third kappa shape index (κ3) is 2.38. The molecule has 0 saturated carbocycles. The molecule has 5 heteroatoms. The molecule has 0 spiro atoms. The molecule has 1 heterocycles. The molecular formula is C11H11N3OS. The first-order valence-corrected chi connectivity index (χ1v) is 5.64. The Labute approximate surface area is 97.1 Å². The molecular weight excluding hydrogens is 222 g/mol. The number of rotatable bonds is 3. The van der Waals surface area contributed by atoms with Crippen molar-refractivity contribution >= 4 is 17.2 Å². The summed E-state index contributed by atoms with van der Waals surface area (Å²) < 4.78 is 0. The number of thiazole rings is 1. The molecule has 2 rings (SSSR count). The maximum atomic E-state index is 8.46. The molecule has 2 aromatic rings. The molecule has 4 nitrogen and oxygen atoms in total. The zero-order valence-electron chi connectivity index (χ0n) is 8.50. The van der Waals surface area contributed by atoms with Crippen LogP contribution in [-0.4, -0.2) is 16.0 Å². The summed E-state index contributed by atoms with van der Waals surface area (Å²) in [6.07, 6.45) is 0.383. The molecule has 0 aliphatic carbocycles. The van der Waals surface area contributed by atoms with E-state index < -0.39 is 0 Å². The van der Waals surface area contributed by atoms with Gasteiger partial charge in [-0.25, -0.2) is 4.98 Å². The van der Waals surface area contributed by atoms with Gasteiger partial charge in [-0.05, 0) is 0 Å². The molecule has 0 amide bonds. The number of hydrogen-bond donors (Lipinski definition) is 2. The van der Waals surface area contributed by atoms with E-state index in [-0.39, 0.29) is 5.84 Å². The fourth-order valence-corrected chi connectivity index (χ4v) is 2.14. The van der Waals surface area contributed by atoms with E-state index >= 15 is 0 Å². The SMILES string of the molecule is N/C(Cc1nc(-c2ccccc2)cs1)=N/O. The Balaban J connectivity index is 2.20. The first-order valence-electron chi connectivity index (χ1n) is 4.76. The molecule has 3 N–H and O–H groups in total. The smallest absolute Gasteiger partial charge is 0.146 e. The van der Waals surface area contributed by atoms with Crippen LogP contribution in [0.4, 0.5) is 0 Å². The average molecular weight is 233 g/mol. The van der Waals surface area contributed by atoms with Gasteiger partial charge in [0.1, 0.15) is 10.8 Å². The van der Waals surface area contributed by atoms with E-state index in [4.69, 9.17) is 10.9 Å². The molecule has 16 heavy (non-hydrogen) atoms. The van der Waals surface area contributed by atoms with Gasteiger partial charge in [-0.15, -0.1) is 11.3 Å². The highest BCUT2D eigenvalue weighted by Gasteiger charge is 2.05. The molecule has 82 valence electrons. The van der Waals surface area contributed by atoms with Crippen LogP contribution in [0, 0.1) is 0 Å². The lowest BCUT2D eigenvalue weighted by atomic mass is 10.2. The van der Waals surface area contributed by atoms with Gasteiger partial charge < -0.3 is 10.9 Å². The minimum atomic E-state index is 0.175. The summed E-state index contributed by atoms with van der Waals surface area (Å²) in [4.78, 5) is 4.42. The predicted octanol–water partition coefficient (Wildman–Crippen LogP) is 2.10. The van der Waals surface area contributed by atoms with Crippen LogP contribution in [0.2, 0.25) is 0 Å². The monoisotopic (exact) mass is 233 g/mol. The van der Waals surface area contributed by atoms with E-state index in [9.17, 15) is 0 Å². The normalized spacial score (nSPS) is 11.6. The van der Waals surface area contributed by atoms with Gasteiger partial charge in [-0.2, -0.15) is 0 Å². The fourth-order valence-electron chi connectivity index (χ4n) is 1.32. The maximum absolute atomic E-state index is 8.46. The standard InChI is InChI=1S/C11H11N3OS/c12-10(14-15)6-11-13-9(7-16-11)8-4-2-1-3-5-8/h1-5,7,15H,6H2,(H2,12,14). The third-order valence-electron chi connectivity index (χ3n) is 2.08. The number of oxime groups is 1. The molecule has 0 aliphatic rings. The minimum Gasteiger partial charge on any atom is -0.409 e. The van der Waals surface area contributed by atoms with Gasteiger partial charge in [0.25, 0.3) is 0 Å². The van der Waals surface area contributed by atoms with Gasteiger partial charge in [0, 0.05) is 10.9 Å². The summed E-state index contributed by atoms with van der Waals surface area (Å²) in [6.45, 7) is 0. The van der Waals surface area contributed by atoms with Gasteiger partial charge in [0.05, 0.1) is 12.1 Å². The van der Waals surface area contributed by atoms with Crippen molar-refractivity contribution in [3.05, 3.63) is 40.7 Å². The lowest BCUT2D eigenvalue weighted by Gasteiger charge is -1.95. The van der Waals surface area contributed by atoms with E-state index in [1.165, 1.54) is 11.3 Å². The van der Waals surface area contributed by atoms with Crippen molar-refractivity contribution in [2.75, 3.05) is 0 Å². The van der Waals surface area contributed by atoms with E-state index in [1.54, 1.807) is 0 Å². The first kappa shape index (κ1) is 10.6. The van der Waals surface area contributed by atoms with E-state index in [2.05, 4.69) is 10.1 Å². The molecule has 1 aromatic heterocycles. The van der Waals surface area contributed by atoms with Gasteiger partial charge in [0.2, 0.25) is 0 Å². The highest BCUT2D eigenvalue weighted by molar-refractivity contribution is 7.10. The van der Waals surface area contributed by atoms with Crippen LogP contribution in [0.1, 0.15) is 5.01 Å². The van der Waals surface area contributed by atoms with Gasteiger partial charge >= 0.3 is 0 Å². The number of hydrogen-bond acceptors (Lipinski definition) is 4. The van der Waals surface area contributed by atoms with Gasteiger partial charge in [-0.3, -0.25) is 0 Å². The molecule has 0 bridgehead atoms. The van der Waals surface area contributed by atoms with Crippen molar-refractivity contribution in [3.63, 3.8) is 0 Å². The van der Waals surface area contributed by atoms with Crippen molar-refractivity contribution in [2.24, 2.45) is 10.9 Å². The molecule has 0 aliphatic heterocycles. The maximum Gasteiger partial charge on any atom is 0.146 e. The zero-order valence-corrected chi connectivity index (χ0v) is 9.31. The lowest BCUT2D eigenvalue weighted by Crippen LogP contribution is -2.14. The van der Waals surface area contributed by atoms with Crippen LogP contribution in [0.3, 0.4) is 0 Å². The zero-order chi connectivity index (χ0) is 11.4. The minimum absolute atomic E-state index is 0.175. The van der Waals surface area contributed by atoms with Crippen LogP contribution in [0.25, 0.3) is 11.3 Å². The van der Waals surface area contributed by atoms with Crippen molar-refractivity contribution in [3.8, 4) is 11.3 Å². The largest absolute Gasteiger partial charge is 0.409 e. The summed E-state index contributed by atoms with van der Waals surface area (Å²) in [6, 6.07) is 9.91. The number of aromatic nitrogens is 1. The Hall–Kier alpha value is -1.88. The molecule has 0 unspecified atom stereocenters. The van der Waals surface area contributed by atoms with Crippen LogP contribution < -0.4 is 5.73 Å². The quantitative estimate of drug-likeness (QED) is 0.369. The van der Waals surface area contributed by atoms with Crippen molar-refractivity contribution in [2.45, 2.75) is 6.42 Å². The Bertz CT molecular complexity index is 493. The Morgan fingerprint density at radius 1 is 1.38 bits per heavy atom. The number of nitrogens with two attached hydrogens (primary N) is 1. The second-order valence-electron chi connectivity index (χ2n) is 3.26. The van der Waals surface area contributed by atoms with E-state index in [0.29, 0.717) is 6.42 Å². The lowest BCUT2D eigenvalue weighted by molar-refractivity contribution is 0.317. The van der Waals surface area contributed by atoms with Gasteiger partial charge in [-0.1, -0.05) is 35.5 Å². The fraction of sp³-hybridized carbons (Fsp3) is 0.0909. The average Bonchev–Trinajstić information content (AvgIpc) is 2.78. The molecule has 1 aromatic carbocycles. The Morgan fingerprint density at radius 2 is 2.12 bits per heavy atom. The predicted molar refractivity (Wildman–Crippen MR) is 64.7 cm³/mol. The molecule has 0 saturated heterocycles. The second-order valence-corrected chi connectivity index (χ2v) is 4.20. The van der Waals surface area contributed by atoms with Gasteiger partial charge in [0.15, 0.2) is 0 Å². The van der Waals surface area contributed by atoms with Crippen molar-refractivity contribution in [1.29, 1.82) is 0 Å². The van der Waals surface area contributed by atoms with E-state index in [1.807, 2.05) is 35.7 Å². The van der Waals surface area contributed by atoms with Crippen molar-refractivity contribution in [1.82, 2.24) is 4.98 Å². The highest BCUT2D eigenvalue weighted by atomic mass is 32.1. The van der Waals surface area contributed by atoms with Crippen LogP contribution in [0.5, 0.6) is 0 Å². The molecule has 0 atom stereocenters. The Morgan fingerprint density at radius 3 is 2.81 bits per heavy atom. The summed E-state index contributed by atoms with van der Waals surface area (Å²) in [7, 11) is 0. The summed E-state index contributed by atoms with van der Waals surface area (Å²) in [5.41, 5.74) is 7.42. The number of benzene rings is 1. The topological polar surface area (TPSA) is 71.5 Å². The Kier molecular flexibility index (Phi) is 3.16. The molecule has 0 fully saturated rings. The summed E-state index contributed by atoms with van der Waals surface area (Å²) >= 11 is 1.51.